The van der Waals surface area contributed by atoms with Gasteiger partial charge in [0.25, 0.3) is 0 Å². The average Bonchev–Trinajstić information content (AvgIpc) is 2.92. The predicted molar refractivity (Wildman–Crippen MR) is 85.6 cm³/mol. The van der Waals surface area contributed by atoms with Crippen LogP contribution in [0.2, 0.25) is 0 Å². The van der Waals surface area contributed by atoms with Crippen LogP contribution in [0.4, 0.5) is 0 Å². The first-order valence-electron chi connectivity index (χ1n) is 7.69. The molecule has 118 valence electrons. The highest BCUT2D eigenvalue weighted by molar-refractivity contribution is 5.24. The third-order valence-corrected chi connectivity index (χ3v) is 4.46. The maximum Gasteiger partial charge on any atom is 0.0971 e. The molecule has 1 saturated heterocycles. The summed E-state index contributed by atoms with van der Waals surface area (Å²) in [5.74, 6) is 0. The van der Waals surface area contributed by atoms with E-state index in [9.17, 15) is 0 Å². The van der Waals surface area contributed by atoms with Crippen molar-refractivity contribution in [2.75, 3.05) is 40.9 Å². The molecule has 0 saturated carbocycles. The fraction of sp³-hybridized carbons (Fsp3) is 0.647. The van der Waals surface area contributed by atoms with Crippen molar-refractivity contribution in [2.45, 2.75) is 31.6 Å². The SMILES string of the molecule is CNC(CCN1CC(OC)C(OC)C1)c1ccc(C)cc1. The minimum atomic E-state index is 0.197. The Balaban J connectivity index is 1.87. The van der Waals surface area contributed by atoms with Crippen molar-refractivity contribution in [3.63, 3.8) is 0 Å². The second-order valence-corrected chi connectivity index (χ2v) is 5.85. The van der Waals surface area contributed by atoms with Crippen LogP contribution in [0.25, 0.3) is 0 Å². The number of methoxy groups -OCH3 is 2. The van der Waals surface area contributed by atoms with E-state index >= 15 is 0 Å². The maximum absolute atomic E-state index is 5.49. The zero-order valence-electron chi connectivity index (χ0n) is 13.6. The minimum absolute atomic E-state index is 0.197. The number of nitrogens with one attached hydrogen (secondary N) is 1. The van der Waals surface area contributed by atoms with E-state index in [-0.39, 0.29) is 12.2 Å². The van der Waals surface area contributed by atoms with Gasteiger partial charge in [-0.15, -0.1) is 0 Å². The molecule has 0 aromatic heterocycles. The Bertz CT molecular complexity index is 409. The lowest BCUT2D eigenvalue weighted by atomic mass is 10.0. The molecule has 0 spiro atoms. The molecule has 0 aliphatic carbocycles. The molecular weight excluding hydrogens is 264 g/mol. The van der Waals surface area contributed by atoms with Crippen LogP contribution in [0, 0.1) is 6.92 Å². The van der Waals surface area contributed by atoms with E-state index in [0.29, 0.717) is 6.04 Å². The summed E-state index contributed by atoms with van der Waals surface area (Å²) < 4.78 is 11.0. The summed E-state index contributed by atoms with van der Waals surface area (Å²) in [6.45, 7) is 5.09. The first-order valence-corrected chi connectivity index (χ1v) is 7.69. The summed E-state index contributed by atoms with van der Waals surface area (Å²) in [6.07, 6.45) is 1.48. The predicted octanol–water partition coefficient (Wildman–Crippen LogP) is 1.99. The summed E-state index contributed by atoms with van der Waals surface area (Å²) in [4.78, 5) is 2.43. The molecule has 4 nitrogen and oxygen atoms in total. The molecule has 1 aliphatic rings. The largest absolute Gasteiger partial charge is 0.377 e. The summed E-state index contributed by atoms with van der Waals surface area (Å²) in [7, 11) is 5.57. The zero-order chi connectivity index (χ0) is 15.2. The number of benzene rings is 1. The van der Waals surface area contributed by atoms with Gasteiger partial charge in [-0.2, -0.15) is 0 Å². The van der Waals surface area contributed by atoms with E-state index in [2.05, 4.69) is 41.4 Å². The highest BCUT2D eigenvalue weighted by Crippen LogP contribution is 2.21. The highest BCUT2D eigenvalue weighted by atomic mass is 16.5. The Hall–Kier alpha value is -0.940. The van der Waals surface area contributed by atoms with E-state index < -0.39 is 0 Å². The fourth-order valence-electron chi connectivity index (χ4n) is 3.04. The molecular formula is C17H28N2O2. The summed E-state index contributed by atoms with van der Waals surface area (Å²) in [6, 6.07) is 9.19. The molecule has 21 heavy (non-hydrogen) atoms. The van der Waals surface area contributed by atoms with Crippen molar-refractivity contribution in [3.8, 4) is 0 Å². The first-order chi connectivity index (χ1) is 10.2. The highest BCUT2D eigenvalue weighted by Gasteiger charge is 2.32. The molecule has 1 N–H and O–H groups in total. The lowest BCUT2D eigenvalue weighted by Crippen LogP contribution is -2.28. The second kappa shape index (κ2) is 7.90. The van der Waals surface area contributed by atoms with Gasteiger partial charge in [0.1, 0.15) is 0 Å². The van der Waals surface area contributed by atoms with Crippen molar-refractivity contribution in [1.82, 2.24) is 10.2 Å². The molecule has 0 bridgehead atoms. The number of likely N-dealkylation sites (tertiary alicyclic amines) is 1. The van der Waals surface area contributed by atoms with Gasteiger partial charge < -0.3 is 14.8 Å². The topological polar surface area (TPSA) is 33.7 Å². The number of nitrogens with zero attached hydrogens (tertiary/aromatic N) is 1. The van der Waals surface area contributed by atoms with Crippen LogP contribution in [-0.4, -0.2) is 58.0 Å². The molecule has 3 atom stereocenters. The third kappa shape index (κ3) is 4.27. The van der Waals surface area contributed by atoms with Gasteiger partial charge in [0.15, 0.2) is 0 Å². The van der Waals surface area contributed by atoms with E-state index in [1.165, 1.54) is 11.1 Å². The van der Waals surface area contributed by atoms with Gasteiger partial charge in [-0.05, 0) is 26.0 Å². The first kappa shape index (κ1) is 16.4. The number of ether oxygens (including phenoxy) is 2. The molecule has 4 heteroatoms. The molecule has 1 heterocycles. The minimum Gasteiger partial charge on any atom is -0.377 e. The quantitative estimate of drug-likeness (QED) is 0.833. The lowest BCUT2D eigenvalue weighted by molar-refractivity contribution is -0.00461. The standard InChI is InChI=1S/C17H28N2O2/c1-13-5-7-14(8-6-13)15(18-2)9-10-19-11-16(20-3)17(12-19)21-4/h5-8,15-18H,9-12H2,1-4H3. The van der Waals surface area contributed by atoms with Crippen LogP contribution in [0.5, 0.6) is 0 Å². The number of hydrogen-bond acceptors (Lipinski definition) is 4. The lowest BCUT2D eigenvalue weighted by Gasteiger charge is -2.21. The van der Waals surface area contributed by atoms with Crippen LogP contribution >= 0.6 is 0 Å². The van der Waals surface area contributed by atoms with Gasteiger partial charge in [-0.25, -0.2) is 0 Å². The van der Waals surface area contributed by atoms with Gasteiger partial charge in [0.2, 0.25) is 0 Å². The Morgan fingerprint density at radius 1 is 1.14 bits per heavy atom. The van der Waals surface area contributed by atoms with Crippen LogP contribution in [0.1, 0.15) is 23.6 Å². The Labute approximate surface area is 128 Å². The Kier molecular flexibility index (Phi) is 6.18. The van der Waals surface area contributed by atoms with E-state index in [1.54, 1.807) is 14.2 Å². The molecule has 1 fully saturated rings. The monoisotopic (exact) mass is 292 g/mol. The summed E-state index contributed by atoms with van der Waals surface area (Å²) in [5.41, 5.74) is 2.66. The van der Waals surface area contributed by atoms with Gasteiger partial charge in [-0.3, -0.25) is 4.90 Å². The molecule has 2 rings (SSSR count). The van der Waals surface area contributed by atoms with Crippen molar-refractivity contribution >= 4 is 0 Å². The van der Waals surface area contributed by atoms with Crippen LogP contribution in [0.3, 0.4) is 0 Å². The van der Waals surface area contributed by atoms with Gasteiger partial charge in [0, 0.05) is 39.9 Å². The average molecular weight is 292 g/mol. The van der Waals surface area contributed by atoms with Crippen molar-refractivity contribution in [3.05, 3.63) is 35.4 Å². The number of rotatable bonds is 7. The van der Waals surface area contributed by atoms with E-state index in [0.717, 1.165) is 26.1 Å². The van der Waals surface area contributed by atoms with Crippen LogP contribution < -0.4 is 5.32 Å². The molecule has 3 unspecified atom stereocenters. The normalized spacial score (nSPS) is 24.4. The van der Waals surface area contributed by atoms with E-state index in [1.807, 2.05) is 7.05 Å². The summed E-state index contributed by atoms with van der Waals surface area (Å²) >= 11 is 0. The Morgan fingerprint density at radius 3 is 2.19 bits per heavy atom. The van der Waals surface area contributed by atoms with Gasteiger partial charge in [0.05, 0.1) is 12.2 Å². The molecule has 1 aromatic rings. The fourth-order valence-corrected chi connectivity index (χ4v) is 3.04. The summed E-state index contributed by atoms with van der Waals surface area (Å²) in [5, 5.41) is 3.42. The van der Waals surface area contributed by atoms with Crippen molar-refractivity contribution < 1.29 is 9.47 Å². The molecule has 0 radical (unpaired) electrons. The van der Waals surface area contributed by atoms with Gasteiger partial charge >= 0.3 is 0 Å². The molecule has 1 aliphatic heterocycles. The van der Waals surface area contributed by atoms with Crippen LogP contribution in [0.15, 0.2) is 24.3 Å². The van der Waals surface area contributed by atoms with Crippen molar-refractivity contribution in [1.29, 1.82) is 0 Å². The second-order valence-electron chi connectivity index (χ2n) is 5.85. The molecule has 0 amide bonds. The van der Waals surface area contributed by atoms with Crippen molar-refractivity contribution in [2.24, 2.45) is 0 Å². The maximum atomic E-state index is 5.49. The van der Waals surface area contributed by atoms with Gasteiger partial charge in [-0.1, -0.05) is 29.8 Å². The molecule has 1 aromatic carbocycles. The smallest absolute Gasteiger partial charge is 0.0971 e. The van der Waals surface area contributed by atoms with Crippen LogP contribution in [-0.2, 0) is 9.47 Å². The van der Waals surface area contributed by atoms with E-state index in [4.69, 9.17) is 9.47 Å². The zero-order valence-corrected chi connectivity index (χ0v) is 13.6. The number of aryl methyl sites for hydroxylation is 1. The number of hydrogen-bond donors (Lipinski definition) is 1. The Morgan fingerprint density at radius 2 is 1.71 bits per heavy atom. The third-order valence-electron chi connectivity index (χ3n) is 4.46.